The largest absolute Gasteiger partial charge is 0.397 e. The number of aliphatic hydroxyl groups is 4. The molecule has 0 saturated carbocycles. The van der Waals surface area contributed by atoms with E-state index in [2.05, 4.69) is 23.3 Å². The molecule has 1 rings (SSSR count). The summed E-state index contributed by atoms with van der Waals surface area (Å²) in [6.07, 6.45) is 17.0. The number of rotatable bonds is 30. The van der Waals surface area contributed by atoms with E-state index in [0.29, 0.717) is 6.42 Å². The first-order valence-corrected chi connectivity index (χ1v) is 19.9. The molecule has 13 heteroatoms. The van der Waals surface area contributed by atoms with Gasteiger partial charge in [-0.25, -0.2) is 4.18 Å². The quantitative estimate of drug-likeness (QED) is 0.0324. The third kappa shape index (κ3) is 21.1. The Morgan fingerprint density at radius 3 is 1.81 bits per heavy atom. The molecule has 0 spiro atoms. The van der Waals surface area contributed by atoms with E-state index >= 15 is 0 Å². The zero-order valence-corrected chi connectivity index (χ0v) is 30.4. The Kier molecular flexibility index (Phi) is 25.7. The predicted octanol–water partition coefficient (Wildman–Crippen LogP) is 5.26. The molecule has 284 valence electrons. The minimum atomic E-state index is -5.07. The lowest BCUT2D eigenvalue weighted by atomic mass is 9.99. The number of amides is 1. The first-order chi connectivity index (χ1) is 23.0. The number of carbonyl (C=O) groups is 1. The van der Waals surface area contributed by atoms with Crippen molar-refractivity contribution in [3.8, 4) is 0 Å². The topological polar surface area (TPSA) is 192 Å². The van der Waals surface area contributed by atoms with Crippen LogP contribution in [0.25, 0.3) is 0 Å². The highest BCUT2D eigenvalue weighted by atomic mass is 32.3. The maximum atomic E-state index is 12.9. The number of unbranched alkanes of at least 4 members (excludes halogenated alkanes) is 18. The normalized spacial score (nSPS) is 23.0. The third-order valence-electron chi connectivity index (χ3n) is 8.82. The second-order valence-electron chi connectivity index (χ2n) is 13.2. The van der Waals surface area contributed by atoms with Gasteiger partial charge < -0.3 is 35.2 Å². The van der Waals surface area contributed by atoms with Crippen molar-refractivity contribution in [2.75, 3.05) is 13.2 Å². The van der Waals surface area contributed by atoms with E-state index in [-0.39, 0.29) is 18.9 Å². The molecule has 1 amide bonds. The fraction of sp³-hybridized carbons (Fsp3) is 0.914. The standard InChI is InChI=1S/C35H67NO11S/c1-3-5-7-9-11-13-14-15-17-19-21-23-25-31(39)36-28(29(38)24-22-20-18-16-12-10-8-6-4-2)27-45-35-33(41)34(47-48(42,43)44)32(40)30(26-37)46-35/h22,24,28-30,32-35,37-38,40-41H,3-21,23,25-27H2,1-2H3,(H,36,39)(H,42,43,44)/b24-22+. The van der Waals surface area contributed by atoms with Crippen LogP contribution in [0.3, 0.4) is 0 Å². The summed E-state index contributed by atoms with van der Waals surface area (Å²) in [6, 6.07) is -0.934. The molecule has 0 aromatic rings. The van der Waals surface area contributed by atoms with E-state index in [9.17, 15) is 33.6 Å². The van der Waals surface area contributed by atoms with Gasteiger partial charge >= 0.3 is 10.4 Å². The Bertz CT molecular complexity index is 935. The Morgan fingerprint density at radius 1 is 0.812 bits per heavy atom. The van der Waals surface area contributed by atoms with Crippen molar-refractivity contribution in [3.63, 3.8) is 0 Å². The van der Waals surface area contributed by atoms with E-state index in [1.165, 1.54) is 77.0 Å². The van der Waals surface area contributed by atoms with E-state index in [1.807, 2.05) is 6.08 Å². The first-order valence-electron chi connectivity index (χ1n) is 18.6. The van der Waals surface area contributed by atoms with E-state index in [0.717, 1.165) is 44.9 Å². The highest BCUT2D eigenvalue weighted by molar-refractivity contribution is 7.80. The van der Waals surface area contributed by atoms with Crippen molar-refractivity contribution >= 4 is 16.3 Å². The number of ether oxygens (including phenoxy) is 2. The van der Waals surface area contributed by atoms with Crippen LogP contribution in [0.15, 0.2) is 12.2 Å². The average Bonchev–Trinajstić information content (AvgIpc) is 3.04. The molecule has 1 aliphatic rings. The maximum absolute atomic E-state index is 12.9. The number of nitrogens with one attached hydrogen (secondary N) is 1. The molecule has 0 aromatic heterocycles. The fourth-order valence-electron chi connectivity index (χ4n) is 5.86. The minimum absolute atomic E-state index is 0.267. The molecule has 0 aliphatic carbocycles. The van der Waals surface area contributed by atoms with Crippen LogP contribution in [0.5, 0.6) is 0 Å². The highest BCUT2D eigenvalue weighted by Crippen LogP contribution is 2.26. The maximum Gasteiger partial charge on any atom is 0.397 e. The van der Waals surface area contributed by atoms with Crippen molar-refractivity contribution in [1.29, 1.82) is 0 Å². The molecule has 1 fully saturated rings. The summed E-state index contributed by atoms with van der Waals surface area (Å²) in [4.78, 5) is 12.9. The lowest BCUT2D eigenvalue weighted by molar-refractivity contribution is -0.298. The molecule has 1 heterocycles. The van der Waals surface area contributed by atoms with Crippen molar-refractivity contribution < 1.29 is 51.8 Å². The molecule has 0 aromatic carbocycles. The monoisotopic (exact) mass is 709 g/mol. The molecule has 1 saturated heterocycles. The van der Waals surface area contributed by atoms with Gasteiger partial charge in [0, 0.05) is 6.42 Å². The molecule has 7 atom stereocenters. The molecular weight excluding hydrogens is 642 g/mol. The molecular formula is C35H67NO11S. The third-order valence-corrected chi connectivity index (χ3v) is 9.28. The second kappa shape index (κ2) is 27.5. The van der Waals surface area contributed by atoms with Gasteiger partial charge in [-0.05, 0) is 19.3 Å². The fourth-order valence-corrected chi connectivity index (χ4v) is 6.37. The van der Waals surface area contributed by atoms with Gasteiger partial charge in [0.05, 0.1) is 25.4 Å². The highest BCUT2D eigenvalue weighted by Gasteiger charge is 2.48. The van der Waals surface area contributed by atoms with Gasteiger partial charge in [-0.1, -0.05) is 135 Å². The van der Waals surface area contributed by atoms with E-state index in [4.69, 9.17) is 14.0 Å². The number of hydrogen-bond acceptors (Lipinski definition) is 10. The lowest BCUT2D eigenvalue weighted by Gasteiger charge is -2.41. The Hall–Kier alpha value is -1.16. The van der Waals surface area contributed by atoms with Gasteiger partial charge in [-0.3, -0.25) is 9.35 Å². The smallest absolute Gasteiger partial charge is 0.394 e. The predicted molar refractivity (Wildman–Crippen MR) is 186 cm³/mol. The summed E-state index contributed by atoms with van der Waals surface area (Å²) in [5.74, 6) is -0.267. The molecule has 7 unspecified atom stereocenters. The van der Waals surface area contributed by atoms with Crippen LogP contribution in [0.1, 0.15) is 149 Å². The average molecular weight is 710 g/mol. The molecule has 48 heavy (non-hydrogen) atoms. The zero-order chi connectivity index (χ0) is 35.6. The zero-order valence-electron chi connectivity index (χ0n) is 29.6. The van der Waals surface area contributed by atoms with Crippen LogP contribution in [0.2, 0.25) is 0 Å². The molecule has 6 N–H and O–H groups in total. The van der Waals surface area contributed by atoms with E-state index in [1.54, 1.807) is 6.08 Å². The van der Waals surface area contributed by atoms with Crippen molar-refractivity contribution in [2.24, 2.45) is 0 Å². The van der Waals surface area contributed by atoms with Gasteiger partial charge in [0.1, 0.15) is 24.4 Å². The van der Waals surface area contributed by atoms with Crippen LogP contribution in [0.4, 0.5) is 0 Å². The van der Waals surface area contributed by atoms with Crippen molar-refractivity contribution in [3.05, 3.63) is 12.2 Å². The summed E-state index contributed by atoms with van der Waals surface area (Å²) in [6.45, 7) is 3.30. The minimum Gasteiger partial charge on any atom is -0.394 e. The number of aliphatic hydroxyl groups excluding tert-OH is 4. The summed E-state index contributed by atoms with van der Waals surface area (Å²) in [7, 11) is -5.07. The summed E-state index contributed by atoms with van der Waals surface area (Å²) < 4.78 is 47.2. The van der Waals surface area contributed by atoms with E-state index < -0.39 is 59.9 Å². The van der Waals surface area contributed by atoms with Gasteiger partial charge in [0.25, 0.3) is 0 Å². The Labute approximate surface area is 290 Å². The lowest BCUT2D eigenvalue weighted by Crippen LogP contribution is -2.61. The second-order valence-corrected chi connectivity index (χ2v) is 14.2. The summed E-state index contributed by atoms with van der Waals surface area (Å²) >= 11 is 0. The molecule has 0 radical (unpaired) electrons. The van der Waals surface area contributed by atoms with Gasteiger partial charge in [-0.15, -0.1) is 0 Å². The molecule has 0 bridgehead atoms. The number of carbonyl (C=O) groups excluding carboxylic acids is 1. The van der Waals surface area contributed by atoms with Crippen LogP contribution >= 0.6 is 0 Å². The first kappa shape index (κ1) is 44.9. The Balaban J connectivity index is 2.65. The van der Waals surface area contributed by atoms with Crippen LogP contribution in [-0.2, 0) is 28.9 Å². The number of allylic oxidation sites excluding steroid dienone is 1. The summed E-state index contributed by atoms with van der Waals surface area (Å²) in [5.41, 5.74) is 0. The molecule has 1 aliphatic heterocycles. The van der Waals surface area contributed by atoms with Gasteiger partial charge in [0.2, 0.25) is 5.91 Å². The molecule has 12 nitrogen and oxygen atoms in total. The number of hydrogen-bond donors (Lipinski definition) is 6. The van der Waals surface area contributed by atoms with Gasteiger partial charge in [0.15, 0.2) is 6.29 Å². The van der Waals surface area contributed by atoms with Crippen LogP contribution < -0.4 is 5.32 Å². The van der Waals surface area contributed by atoms with Gasteiger partial charge in [-0.2, -0.15) is 8.42 Å². The summed E-state index contributed by atoms with van der Waals surface area (Å²) in [5, 5.41) is 44.3. The van der Waals surface area contributed by atoms with Crippen molar-refractivity contribution in [1.82, 2.24) is 5.32 Å². The van der Waals surface area contributed by atoms with Crippen LogP contribution in [0, 0.1) is 0 Å². The van der Waals surface area contributed by atoms with Crippen molar-refractivity contribution in [2.45, 2.75) is 192 Å². The van der Waals surface area contributed by atoms with Crippen LogP contribution in [-0.4, -0.2) is 95.4 Å². The Morgan fingerprint density at radius 2 is 1.31 bits per heavy atom. The SMILES string of the molecule is CCCCCCCCC/C=C/C(O)C(COC1OC(CO)C(O)C(OS(=O)(=O)O)C1O)NC(=O)CCCCCCCCCCCCCC.